The molecule has 1 aromatic heterocycles. The number of ether oxygens (including phenoxy) is 1. The number of hydrogen-bond acceptors (Lipinski definition) is 4. The Bertz CT molecular complexity index is 444. The predicted molar refractivity (Wildman–Crippen MR) is 70.3 cm³/mol. The second-order valence-electron chi connectivity index (χ2n) is 3.02. The normalized spacial score (nSPS) is 9.06. The SMILES string of the molecule is COc1ccc(-n2cnnc2CN)cc1.Cl.Cl. The van der Waals surface area contributed by atoms with Gasteiger partial charge in [0.15, 0.2) is 5.82 Å². The molecule has 5 nitrogen and oxygen atoms in total. The van der Waals surface area contributed by atoms with Crippen molar-refractivity contribution < 1.29 is 4.74 Å². The second-order valence-corrected chi connectivity index (χ2v) is 3.02. The summed E-state index contributed by atoms with van der Waals surface area (Å²) in [6.07, 6.45) is 1.64. The van der Waals surface area contributed by atoms with Gasteiger partial charge in [-0.15, -0.1) is 35.0 Å². The lowest BCUT2D eigenvalue weighted by molar-refractivity contribution is 0.414. The smallest absolute Gasteiger partial charge is 0.151 e. The Morgan fingerprint density at radius 2 is 1.88 bits per heavy atom. The van der Waals surface area contributed by atoms with Crippen molar-refractivity contribution >= 4 is 24.8 Å². The van der Waals surface area contributed by atoms with E-state index in [1.807, 2.05) is 28.8 Å². The summed E-state index contributed by atoms with van der Waals surface area (Å²) in [5.74, 6) is 1.56. The van der Waals surface area contributed by atoms with Gasteiger partial charge in [0, 0.05) is 5.69 Å². The summed E-state index contributed by atoms with van der Waals surface area (Å²) in [6.45, 7) is 0.367. The van der Waals surface area contributed by atoms with E-state index >= 15 is 0 Å². The van der Waals surface area contributed by atoms with Gasteiger partial charge in [-0.3, -0.25) is 4.57 Å². The maximum absolute atomic E-state index is 5.54. The van der Waals surface area contributed by atoms with Crippen LogP contribution in [0, 0.1) is 0 Å². The first kappa shape index (κ1) is 15.7. The molecular formula is C10H14Cl2N4O. The number of methoxy groups -OCH3 is 1. The van der Waals surface area contributed by atoms with Gasteiger partial charge in [0.2, 0.25) is 0 Å². The highest BCUT2D eigenvalue weighted by Crippen LogP contribution is 2.15. The standard InChI is InChI=1S/C10H12N4O.2ClH/c1-15-9-4-2-8(3-5-9)14-7-12-13-10(14)6-11;;/h2-5,7H,6,11H2,1H3;2*1H. The zero-order chi connectivity index (χ0) is 10.7. The molecule has 0 fully saturated rings. The molecule has 2 N–H and O–H groups in total. The monoisotopic (exact) mass is 276 g/mol. The van der Waals surface area contributed by atoms with Crippen LogP contribution < -0.4 is 10.5 Å². The molecule has 0 saturated carbocycles. The fourth-order valence-corrected chi connectivity index (χ4v) is 1.36. The fraction of sp³-hybridized carbons (Fsp3) is 0.200. The molecule has 0 atom stereocenters. The molecule has 0 bridgehead atoms. The number of benzene rings is 1. The van der Waals surface area contributed by atoms with Crippen molar-refractivity contribution in [1.29, 1.82) is 0 Å². The molecule has 17 heavy (non-hydrogen) atoms. The minimum absolute atomic E-state index is 0. The lowest BCUT2D eigenvalue weighted by Crippen LogP contribution is -2.06. The number of rotatable bonds is 3. The fourth-order valence-electron chi connectivity index (χ4n) is 1.36. The summed E-state index contributed by atoms with van der Waals surface area (Å²) in [6, 6.07) is 7.63. The minimum atomic E-state index is 0. The number of nitrogens with zero attached hydrogens (tertiary/aromatic N) is 3. The van der Waals surface area contributed by atoms with Crippen molar-refractivity contribution in [2.24, 2.45) is 5.73 Å². The van der Waals surface area contributed by atoms with Crippen LogP contribution in [-0.4, -0.2) is 21.9 Å². The van der Waals surface area contributed by atoms with Crippen LogP contribution in [-0.2, 0) is 6.54 Å². The zero-order valence-electron chi connectivity index (χ0n) is 9.24. The highest BCUT2D eigenvalue weighted by Gasteiger charge is 2.03. The number of hydrogen-bond donors (Lipinski definition) is 1. The molecule has 0 unspecified atom stereocenters. The van der Waals surface area contributed by atoms with Crippen LogP contribution in [0.2, 0.25) is 0 Å². The Kier molecular flexibility index (Phi) is 6.57. The Morgan fingerprint density at radius 1 is 1.24 bits per heavy atom. The molecule has 0 spiro atoms. The van der Waals surface area contributed by atoms with Crippen molar-refractivity contribution in [1.82, 2.24) is 14.8 Å². The molecule has 0 aliphatic heterocycles. The lowest BCUT2D eigenvalue weighted by Gasteiger charge is -2.05. The average molecular weight is 277 g/mol. The van der Waals surface area contributed by atoms with Crippen molar-refractivity contribution in [3.8, 4) is 11.4 Å². The highest BCUT2D eigenvalue weighted by molar-refractivity contribution is 5.85. The third-order valence-electron chi connectivity index (χ3n) is 2.15. The molecule has 0 aliphatic carbocycles. The first-order valence-electron chi connectivity index (χ1n) is 4.58. The van der Waals surface area contributed by atoms with Crippen molar-refractivity contribution in [3.63, 3.8) is 0 Å². The quantitative estimate of drug-likeness (QED) is 0.925. The topological polar surface area (TPSA) is 66.0 Å². The Morgan fingerprint density at radius 3 is 2.41 bits per heavy atom. The van der Waals surface area contributed by atoms with Crippen LogP contribution in [0.1, 0.15) is 5.82 Å². The van der Waals surface area contributed by atoms with Crippen LogP contribution >= 0.6 is 24.8 Å². The molecule has 0 saturated heterocycles. The lowest BCUT2D eigenvalue weighted by atomic mass is 10.3. The number of halogens is 2. The van der Waals surface area contributed by atoms with E-state index < -0.39 is 0 Å². The summed E-state index contributed by atoms with van der Waals surface area (Å²) in [5.41, 5.74) is 6.51. The zero-order valence-corrected chi connectivity index (χ0v) is 10.9. The molecule has 0 aliphatic rings. The Hall–Kier alpha value is -1.30. The van der Waals surface area contributed by atoms with E-state index in [0.717, 1.165) is 17.3 Å². The van der Waals surface area contributed by atoms with Crippen molar-refractivity contribution in [2.45, 2.75) is 6.54 Å². The van der Waals surface area contributed by atoms with Crippen LogP contribution in [0.5, 0.6) is 5.75 Å². The van der Waals surface area contributed by atoms with E-state index in [2.05, 4.69) is 10.2 Å². The van der Waals surface area contributed by atoms with E-state index in [1.165, 1.54) is 0 Å². The Labute approximate surface area is 112 Å². The van der Waals surface area contributed by atoms with E-state index in [9.17, 15) is 0 Å². The summed E-state index contributed by atoms with van der Waals surface area (Å²) in [5, 5.41) is 7.72. The van der Waals surface area contributed by atoms with Gasteiger partial charge in [0.1, 0.15) is 12.1 Å². The number of aromatic nitrogens is 3. The van der Waals surface area contributed by atoms with Gasteiger partial charge >= 0.3 is 0 Å². The largest absolute Gasteiger partial charge is 0.497 e. The van der Waals surface area contributed by atoms with Crippen LogP contribution in [0.4, 0.5) is 0 Å². The van der Waals surface area contributed by atoms with Crippen molar-refractivity contribution in [2.75, 3.05) is 7.11 Å². The first-order valence-corrected chi connectivity index (χ1v) is 4.58. The van der Waals surface area contributed by atoms with Gasteiger partial charge in [-0.1, -0.05) is 0 Å². The second kappa shape index (κ2) is 7.11. The van der Waals surface area contributed by atoms with Gasteiger partial charge in [-0.25, -0.2) is 0 Å². The third-order valence-corrected chi connectivity index (χ3v) is 2.15. The highest BCUT2D eigenvalue weighted by atomic mass is 35.5. The summed E-state index contributed by atoms with van der Waals surface area (Å²) >= 11 is 0. The molecule has 1 heterocycles. The minimum Gasteiger partial charge on any atom is -0.497 e. The molecule has 0 amide bonds. The van der Waals surface area contributed by atoms with Gasteiger partial charge in [-0.05, 0) is 24.3 Å². The third kappa shape index (κ3) is 3.33. The average Bonchev–Trinajstić information content (AvgIpc) is 2.77. The summed E-state index contributed by atoms with van der Waals surface area (Å²) in [7, 11) is 1.64. The maximum atomic E-state index is 5.54. The number of nitrogens with two attached hydrogens (primary N) is 1. The van der Waals surface area contributed by atoms with Crippen LogP contribution in [0.3, 0.4) is 0 Å². The summed E-state index contributed by atoms with van der Waals surface area (Å²) < 4.78 is 6.92. The molecule has 2 aromatic rings. The Balaban J connectivity index is 0.00000128. The van der Waals surface area contributed by atoms with Gasteiger partial charge in [-0.2, -0.15) is 0 Å². The molecule has 7 heteroatoms. The maximum Gasteiger partial charge on any atom is 0.151 e. The van der Waals surface area contributed by atoms with Crippen LogP contribution in [0.15, 0.2) is 30.6 Å². The first-order chi connectivity index (χ1) is 7.35. The van der Waals surface area contributed by atoms with Crippen LogP contribution in [0.25, 0.3) is 5.69 Å². The molecule has 0 radical (unpaired) electrons. The predicted octanol–water partition coefficient (Wildman–Crippen LogP) is 1.58. The van der Waals surface area contributed by atoms with E-state index in [4.69, 9.17) is 10.5 Å². The molecule has 1 aromatic carbocycles. The molecule has 94 valence electrons. The van der Waals surface area contributed by atoms with Gasteiger partial charge in [0.05, 0.1) is 13.7 Å². The van der Waals surface area contributed by atoms with Gasteiger partial charge < -0.3 is 10.5 Å². The van der Waals surface area contributed by atoms with E-state index in [1.54, 1.807) is 13.4 Å². The van der Waals surface area contributed by atoms with Crippen molar-refractivity contribution in [3.05, 3.63) is 36.4 Å². The molecule has 2 rings (SSSR count). The van der Waals surface area contributed by atoms with E-state index in [0.29, 0.717) is 6.54 Å². The van der Waals surface area contributed by atoms with Gasteiger partial charge in [0.25, 0.3) is 0 Å². The summed E-state index contributed by atoms with van der Waals surface area (Å²) in [4.78, 5) is 0. The van der Waals surface area contributed by atoms with E-state index in [-0.39, 0.29) is 24.8 Å². The molecular weight excluding hydrogens is 263 g/mol.